The summed E-state index contributed by atoms with van der Waals surface area (Å²) >= 11 is 0. The van der Waals surface area contributed by atoms with E-state index in [4.69, 9.17) is 15.5 Å². The Morgan fingerprint density at radius 3 is 2.55 bits per heavy atom. The summed E-state index contributed by atoms with van der Waals surface area (Å²) < 4.78 is 45.5. The summed E-state index contributed by atoms with van der Waals surface area (Å²) in [7, 11) is 0. The Morgan fingerprint density at radius 2 is 1.87 bits per heavy atom. The second-order valence-corrected chi connectivity index (χ2v) is 8.06. The van der Waals surface area contributed by atoms with Crippen LogP contribution in [0.5, 0.6) is 0 Å². The summed E-state index contributed by atoms with van der Waals surface area (Å²) in [5.74, 6) is 2.02. The van der Waals surface area contributed by atoms with Gasteiger partial charge in [-0.1, -0.05) is 25.1 Å². The van der Waals surface area contributed by atoms with Crippen LogP contribution in [0.25, 0.3) is 0 Å². The molecule has 7 nitrogen and oxygen atoms in total. The summed E-state index contributed by atoms with van der Waals surface area (Å²) in [4.78, 5) is 13.4. The lowest BCUT2D eigenvalue weighted by Gasteiger charge is -2.29. The zero-order valence-corrected chi connectivity index (χ0v) is 17.5. The van der Waals surface area contributed by atoms with Crippen LogP contribution < -0.4 is 20.9 Å². The highest BCUT2D eigenvalue weighted by Crippen LogP contribution is 2.35. The lowest BCUT2D eigenvalue weighted by Crippen LogP contribution is -2.38. The van der Waals surface area contributed by atoms with Crippen LogP contribution in [0, 0.1) is 5.92 Å². The number of rotatable bonds is 5. The molecule has 31 heavy (non-hydrogen) atoms. The third-order valence-corrected chi connectivity index (χ3v) is 5.70. The van der Waals surface area contributed by atoms with Gasteiger partial charge in [0.1, 0.15) is 5.69 Å². The van der Waals surface area contributed by atoms with Crippen LogP contribution in [0.15, 0.2) is 24.3 Å². The standard InChI is InChI=1S/C21H27F3N6O/c1-14-6-7-30(13-14)19-17(25)18(27-20(28-19)29-8-10-31-11-9-29)26-12-15-4-2-3-5-16(15)21(22,23)24/h2-5,14H,6-13,25H2,1H3,(H,26,27,28)/t14-/m0/s1. The van der Waals surface area contributed by atoms with E-state index in [-0.39, 0.29) is 12.1 Å². The maximum atomic E-state index is 13.4. The molecule has 2 aliphatic rings. The summed E-state index contributed by atoms with van der Waals surface area (Å²) in [5.41, 5.74) is 6.22. The normalized spacial score (nSPS) is 19.7. The van der Waals surface area contributed by atoms with Crippen molar-refractivity contribution < 1.29 is 17.9 Å². The van der Waals surface area contributed by atoms with Crippen molar-refractivity contribution in [2.75, 3.05) is 60.2 Å². The second-order valence-electron chi connectivity index (χ2n) is 8.06. The predicted octanol–water partition coefficient (Wildman–Crippen LogP) is 3.37. The van der Waals surface area contributed by atoms with Gasteiger partial charge in [0.05, 0.1) is 18.8 Å². The highest BCUT2D eigenvalue weighted by molar-refractivity contribution is 5.77. The van der Waals surface area contributed by atoms with E-state index in [9.17, 15) is 13.2 Å². The van der Waals surface area contributed by atoms with Crippen molar-refractivity contribution in [3.05, 3.63) is 35.4 Å². The van der Waals surface area contributed by atoms with Crippen molar-refractivity contribution in [1.29, 1.82) is 0 Å². The third kappa shape index (κ3) is 4.79. The summed E-state index contributed by atoms with van der Waals surface area (Å²) in [6.45, 7) is 6.24. The Labute approximate surface area is 179 Å². The SMILES string of the molecule is C[C@H]1CCN(c2nc(N3CCOCC3)nc(NCc3ccccc3C(F)(F)F)c2N)C1. The molecule has 0 amide bonds. The highest BCUT2D eigenvalue weighted by atomic mass is 19.4. The zero-order valence-electron chi connectivity index (χ0n) is 17.5. The second kappa shape index (κ2) is 8.78. The number of hydrogen-bond acceptors (Lipinski definition) is 7. The van der Waals surface area contributed by atoms with Crippen molar-refractivity contribution in [1.82, 2.24) is 9.97 Å². The van der Waals surface area contributed by atoms with Gasteiger partial charge in [0.25, 0.3) is 0 Å². The van der Waals surface area contributed by atoms with Gasteiger partial charge in [0.15, 0.2) is 11.6 Å². The Kier molecular flexibility index (Phi) is 6.08. The first-order chi connectivity index (χ1) is 14.8. The van der Waals surface area contributed by atoms with Crippen LogP contribution >= 0.6 is 0 Å². The number of ether oxygens (including phenoxy) is 1. The van der Waals surface area contributed by atoms with Crippen LogP contribution in [0.3, 0.4) is 0 Å². The van der Waals surface area contributed by atoms with E-state index in [0.717, 1.165) is 25.6 Å². The number of benzene rings is 1. The molecule has 0 spiro atoms. The van der Waals surface area contributed by atoms with Crippen LogP contribution in [0.1, 0.15) is 24.5 Å². The van der Waals surface area contributed by atoms with Gasteiger partial charge in [-0.15, -0.1) is 0 Å². The van der Waals surface area contributed by atoms with Gasteiger partial charge < -0.3 is 25.6 Å². The van der Waals surface area contributed by atoms with Gasteiger partial charge >= 0.3 is 6.18 Å². The molecule has 1 aromatic carbocycles. The van der Waals surface area contributed by atoms with E-state index in [1.165, 1.54) is 12.1 Å². The Bertz CT molecular complexity index is 916. The number of nitrogens with zero attached hydrogens (tertiary/aromatic N) is 4. The number of nitrogens with two attached hydrogens (primary N) is 1. The minimum absolute atomic E-state index is 0.0463. The minimum Gasteiger partial charge on any atom is -0.393 e. The number of halogens is 3. The van der Waals surface area contributed by atoms with Gasteiger partial charge in [-0.05, 0) is 24.0 Å². The molecule has 10 heteroatoms. The molecular formula is C21H27F3N6O. The van der Waals surface area contributed by atoms with E-state index in [1.54, 1.807) is 6.07 Å². The lowest BCUT2D eigenvalue weighted by atomic mass is 10.1. The van der Waals surface area contributed by atoms with Gasteiger partial charge in [0, 0.05) is 32.7 Å². The number of anilines is 4. The van der Waals surface area contributed by atoms with E-state index in [0.29, 0.717) is 55.5 Å². The molecule has 2 saturated heterocycles. The molecule has 3 N–H and O–H groups in total. The van der Waals surface area contributed by atoms with E-state index in [1.807, 2.05) is 4.90 Å². The number of hydrogen-bond donors (Lipinski definition) is 2. The van der Waals surface area contributed by atoms with Crippen molar-refractivity contribution in [2.24, 2.45) is 5.92 Å². The van der Waals surface area contributed by atoms with E-state index in [2.05, 4.69) is 22.1 Å². The predicted molar refractivity (Wildman–Crippen MR) is 114 cm³/mol. The molecule has 2 aromatic rings. The Morgan fingerprint density at radius 1 is 1.13 bits per heavy atom. The zero-order chi connectivity index (χ0) is 22.0. The molecule has 2 aliphatic heterocycles. The van der Waals surface area contributed by atoms with Gasteiger partial charge in [0.2, 0.25) is 5.95 Å². The summed E-state index contributed by atoms with van der Waals surface area (Å²) in [6, 6.07) is 5.51. The molecule has 0 saturated carbocycles. The molecular weight excluding hydrogens is 409 g/mol. The molecule has 1 aromatic heterocycles. The highest BCUT2D eigenvalue weighted by Gasteiger charge is 2.33. The van der Waals surface area contributed by atoms with E-state index >= 15 is 0 Å². The fraction of sp³-hybridized carbons (Fsp3) is 0.524. The molecule has 168 valence electrons. The topological polar surface area (TPSA) is 79.5 Å². The molecule has 0 radical (unpaired) electrons. The van der Waals surface area contributed by atoms with Crippen LogP contribution in [0.4, 0.5) is 36.4 Å². The fourth-order valence-corrected chi connectivity index (χ4v) is 3.98. The van der Waals surface area contributed by atoms with Crippen molar-refractivity contribution in [3.8, 4) is 0 Å². The Hall–Kier alpha value is -2.75. The van der Waals surface area contributed by atoms with Crippen LogP contribution in [-0.4, -0.2) is 49.4 Å². The monoisotopic (exact) mass is 436 g/mol. The number of aromatic nitrogens is 2. The number of nitrogen functional groups attached to an aromatic ring is 1. The molecule has 4 rings (SSSR count). The maximum Gasteiger partial charge on any atom is 0.416 e. The molecule has 0 bridgehead atoms. The van der Waals surface area contributed by atoms with E-state index < -0.39 is 11.7 Å². The van der Waals surface area contributed by atoms with Crippen LogP contribution in [0.2, 0.25) is 0 Å². The number of alkyl halides is 3. The molecule has 2 fully saturated rings. The first-order valence-electron chi connectivity index (χ1n) is 10.5. The number of morpholine rings is 1. The van der Waals surface area contributed by atoms with Crippen molar-refractivity contribution in [2.45, 2.75) is 26.1 Å². The first-order valence-corrected chi connectivity index (χ1v) is 10.5. The molecule has 0 unspecified atom stereocenters. The lowest BCUT2D eigenvalue weighted by molar-refractivity contribution is -0.138. The minimum atomic E-state index is -4.43. The van der Waals surface area contributed by atoms with Gasteiger partial charge in [-0.25, -0.2) is 0 Å². The van der Waals surface area contributed by atoms with Crippen molar-refractivity contribution >= 4 is 23.3 Å². The quantitative estimate of drug-likeness (QED) is 0.744. The Balaban J connectivity index is 1.65. The third-order valence-electron chi connectivity index (χ3n) is 5.70. The fourth-order valence-electron chi connectivity index (χ4n) is 3.98. The first kappa shape index (κ1) is 21.5. The molecule has 1 atom stereocenters. The largest absolute Gasteiger partial charge is 0.416 e. The van der Waals surface area contributed by atoms with Gasteiger partial charge in [-0.2, -0.15) is 23.1 Å². The molecule has 3 heterocycles. The average molecular weight is 436 g/mol. The summed E-state index contributed by atoms with van der Waals surface area (Å²) in [5, 5.41) is 3.04. The van der Waals surface area contributed by atoms with Crippen molar-refractivity contribution in [3.63, 3.8) is 0 Å². The van der Waals surface area contributed by atoms with Crippen LogP contribution in [-0.2, 0) is 17.5 Å². The number of nitrogens with one attached hydrogen (secondary N) is 1. The van der Waals surface area contributed by atoms with Gasteiger partial charge in [-0.3, -0.25) is 0 Å². The maximum absolute atomic E-state index is 13.4. The molecule has 0 aliphatic carbocycles. The average Bonchev–Trinajstić information content (AvgIpc) is 3.19. The smallest absolute Gasteiger partial charge is 0.393 e. The summed E-state index contributed by atoms with van der Waals surface area (Å²) in [6.07, 6.45) is -3.39.